The Balaban J connectivity index is 1.54. The zero-order chi connectivity index (χ0) is 34.8. The molecule has 1 aromatic heterocycles. The lowest BCUT2D eigenvalue weighted by Gasteiger charge is -2.29. The summed E-state index contributed by atoms with van der Waals surface area (Å²) in [6.07, 6.45) is -2.15. The van der Waals surface area contributed by atoms with Crippen molar-refractivity contribution in [3.8, 4) is 11.5 Å². The number of benzene rings is 2. The lowest BCUT2D eigenvalue weighted by Crippen LogP contribution is -2.47. The van der Waals surface area contributed by atoms with E-state index in [1.54, 1.807) is 62.4 Å². The number of nitrogens with one attached hydrogen (secondary N) is 1. The van der Waals surface area contributed by atoms with E-state index < -0.39 is 78.1 Å². The first-order valence-electron chi connectivity index (χ1n) is 15.0. The van der Waals surface area contributed by atoms with Gasteiger partial charge in [0.1, 0.15) is 25.2 Å². The average molecular weight is 683 g/mol. The summed E-state index contributed by atoms with van der Waals surface area (Å²) in [5.74, 6) is -5.33. The van der Waals surface area contributed by atoms with Crippen molar-refractivity contribution in [2.75, 3.05) is 13.7 Å². The third-order valence-corrected chi connectivity index (χ3v) is 7.63. The third kappa shape index (κ3) is 9.22. The van der Waals surface area contributed by atoms with Crippen molar-refractivity contribution in [1.82, 2.24) is 10.3 Å². The van der Waals surface area contributed by atoms with Crippen LogP contribution in [0.3, 0.4) is 0 Å². The number of halogens is 1. The van der Waals surface area contributed by atoms with Gasteiger partial charge in [0.05, 0.1) is 13.0 Å². The smallest absolute Gasteiger partial charge is 0.493 e. The van der Waals surface area contributed by atoms with Crippen LogP contribution in [-0.2, 0) is 46.4 Å². The van der Waals surface area contributed by atoms with Gasteiger partial charge in [-0.1, -0.05) is 74.0 Å². The van der Waals surface area contributed by atoms with Crippen molar-refractivity contribution in [3.63, 3.8) is 0 Å². The van der Waals surface area contributed by atoms with Crippen molar-refractivity contribution >= 4 is 41.6 Å². The fourth-order valence-corrected chi connectivity index (χ4v) is 4.88. The molecule has 14 heteroatoms. The van der Waals surface area contributed by atoms with E-state index in [4.69, 9.17) is 40.0 Å². The number of esters is 3. The van der Waals surface area contributed by atoms with Crippen LogP contribution in [0.25, 0.3) is 0 Å². The Hall–Kier alpha value is -5.17. The molecule has 1 aliphatic heterocycles. The lowest BCUT2D eigenvalue weighted by atomic mass is 9.91. The molecule has 1 saturated heterocycles. The summed E-state index contributed by atoms with van der Waals surface area (Å²) < 4.78 is 32.5. The predicted octanol–water partition coefficient (Wildman–Crippen LogP) is 4.47. The van der Waals surface area contributed by atoms with Crippen LogP contribution in [0, 0.1) is 11.8 Å². The minimum absolute atomic E-state index is 0.0412. The first-order chi connectivity index (χ1) is 23.0. The topological polar surface area (TPSA) is 166 Å². The van der Waals surface area contributed by atoms with Gasteiger partial charge in [-0.15, -0.1) is 0 Å². The number of rotatable bonds is 10. The molecule has 1 aliphatic rings. The molecule has 0 aliphatic carbocycles. The SMILES string of the molecule is COc1ccnc(C(=O)NC2COC(=O)[C@H](Cc3ccccc3)C(OC(=O)C(C)C)[C@H](C)OC2=O)c1OC(=O)OCc1ccccc1Cl. The monoisotopic (exact) mass is 682 g/mol. The molecule has 0 saturated carbocycles. The highest BCUT2D eigenvalue weighted by Crippen LogP contribution is 2.31. The summed E-state index contributed by atoms with van der Waals surface area (Å²) in [5, 5.41) is 2.80. The zero-order valence-corrected chi connectivity index (χ0v) is 27.4. The van der Waals surface area contributed by atoms with Crippen LogP contribution in [0.15, 0.2) is 66.9 Å². The van der Waals surface area contributed by atoms with Gasteiger partial charge in [-0.2, -0.15) is 0 Å². The van der Waals surface area contributed by atoms with Gasteiger partial charge in [0, 0.05) is 22.8 Å². The van der Waals surface area contributed by atoms with Gasteiger partial charge >= 0.3 is 24.1 Å². The maximum atomic E-state index is 13.5. The van der Waals surface area contributed by atoms with Crippen molar-refractivity contribution in [2.24, 2.45) is 11.8 Å². The van der Waals surface area contributed by atoms with Gasteiger partial charge in [-0.3, -0.25) is 14.4 Å². The van der Waals surface area contributed by atoms with Crippen molar-refractivity contribution < 1.29 is 52.4 Å². The number of carbonyl (C=O) groups excluding carboxylic acids is 5. The number of amides is 1. The van der Waals surface area contributed by atoms with Gasteiger partial charge in [-0.25, -0.2) is 14.6 Å². The second-order valence-electron chi connectivity index (χ2n) is 11.1. The molecule has 4 rings (SSSR count). The highest BCUT2D eigenvalue weighted by Gasteiger charge is 2.42. The fourth-order valence-electron chi connectivity index (χ4n) is 4.69. The number of hydrogen-bond acceptors (Lipinski definition) is 12. The molecule has 0 spiro atoms. The van der Waals surface area contributed by atoms with Crippen molar-refractivity contribution in [1.29, 1.82) is 0 Å². The number of cyclic esters (lactones) is 2. The summed E-state index contributed by atoms with van der Waals surface area (Å²) >= 11 is 6.12. The number of methoxy groups -OCH3 is 1. The van der Waals surface area contributed by atoms with E-state index in [0.29, 0.717) is 10.6 Å². The molecular formula is C34H35ClN2O11. The number of nitrogens with zero attached hydrogens (tertiary/aromatic N) is 1. The van der Waals surface area contributed by atoms with Crippen molar-refractivity contribution in [3.05, 3.63) is 88.7 Å². The van der Waals surface area contributed by atoms with Crippen LogP contribution in [-0.4, -0.2) is 66.9 Å². The van der Waals surface area contributed by atoms with E-state index in [2.05, 4.69) is 10.3 Å². The molecule has 2 aromatic carbocycles. The Morgan fingerprint density at radius 3 is 2.42 bits per heavy atom. The maximum absolute atomic E-state index is 13.5. The van der Waals surface area contributed by atoms with Crippen LogP contribution in [0.4, 0.5) is 4.79 Å². The molecule has 48 heavy (non-hydrogen) atoms. The summed E-state index contributed by atoms with van der Waals surface area (Å²) in [5.41, 5.74) is 0.832. The molecular weight excluding hydrogens is 648 g/mol. The molecule has 1 amide bonds. The number of carbonyl (C=O) groups is 5. The number of ether oxygens (including phenoxy) is 6. The van der Waals surface area contributed by atoms with Crippen molar-refractivity contribution in [2.45, 2.75) is 52.0 Å². The highest BCUT2D eigenvalue weighted by molar-refractivity contribution is 6.31. The molecule has 13 nitrogen and oxygen atoms in total. The Bertz CT molecular complexity index is 1630. The maximum Gasteiger partial charge on any atom is 0.514 e. The summed E-state index contributed by atoms with van der Waals surface area (Å²) in [6.45, 7) is 3.90. The first-order valence-corrected chi connectivity index (χ1v) is 15.4. The van der Waals surface area contributed by atoms with E-state index in [-0.39, 0.29) is 18.8 Å². The Morgan fingerprint density at radius 2 is 1.73 bits per heavy atom. The van der Waals surface area contributed by atoms with Gasteiger partial charge in [0.2, 0.25) is 5.75 Å². The quantitative estimate of drug-likeness (QED) is 0.236. The molecule has 4 atom stereocenters. The zero-order valence-electron chi connectivity index (χ0n) is 26.7. The molecule has 3 aromatic rings. The van der Waals surface area contributed by atoms with E-state index in [0.717, 1.165) is 5.56 Å². The largest absolute Gasteiger partial charge is 0.514 e. The van der Waals surface area contributed by atoms with Crippen LogP contribution >= 0.6 is 11.6 Å². The van der Waals surface area contributed by atoms with Crippen LogP contribution < -0.4 is 14.8 Å². The van der Waals surface area contributed by atoms with E-state index in [1.165, 1.54) is 26.3 Å². The summed E-state index contributed by atoms with van der Waals surface area (Å²) in [4.78, 5) is 69.6. The number of hydrogen-bond donors (Lipinski definition) is 1. The fraction of sp³-hybridized carbons (Fsp3) is 0.353. The van der Waals surface area contributed by atoms with E-state index in [1.807, 2.05) is 6.07 Å². The van der Waals surface area contributed by atoms with Gasteiger partial charge in [-0.05, 0) is 25.0 Å². The molecule has 2 unspecified atom stereocenters. The number of aromatic nitrogens is 1. The minimum atomic E-state index is -1.52. The standard InChI is InChI=1S/C34H35ClN2O11/c1-19(2)31(39)47-28-20(3)46-33(41)25(18-44-32(40)23(28)16-21-10-6-5-7-11-21)37-30(38)27-29(26(43-4)14-15-36-27)48-34(42)45-17-22-12-8-9-13-24(22)35/h5-15,19-20,23,25,28H,16-18H2,1-4H3,(H,37,38)/t20-,23+,25?,28?/m0/s1. The van der Waals surface area contributed by atoms with E-state index in [9.17, 15) is 24.0 Å². The third-order valence-electron chi connectivity index (χ3n) is 7.26. The highest BCUT2D eigenvalue weighted by atomic mass is 35.5. The second-order valence-corrected chi connectivity index (χ2v) is 11.5. The Labute approximate surface area is 281 Å². The average Bonchev–Trinajstić information content (AvgIpc) is 3.10. The molecule has 0 radical (unpaired) electrons. The summed E-state index contributed by atoms with van der Waals surface area (Å²) in [7, 11) is 1.28. The molecule has 0 bridgehead atoms. The first kappa shape index (κ1) is 35.7. The predicted molar refractivity (Wildman–Crippen MR) is 169 cm³/mol. The van der Waals surface area contributed by atoms with Gasteiger partial charge in [0.25, 0.3) is 5.91 Å². The Morgan fingerprint density at radius 1 is 1.02 bits per heavy atom. The second kappa shape index (κ2) is 16.6. The van der Waals surface area contributed by atoms with Crippen LogP contribution in [0.5, 0.6) is 11.5 Å². The minimum Gasteiger partial charge on any atom is -0.493 e. The number of pyridine rings is 1. The van der Waals surface area contributed by atoms with Crippen LogP contribution in [0.2, 0.25) is 5.02 Å². The van der Waals surface area contributed by atoms with Gasteiger partial charge in [0.15, 0.2) is 23.6 Å². The molecule has 2 heterocycles. The molecule has 254 valence electrons. The van der Waals surface area contributed by atoms with Crippen LogP contribution in [0.1, 0.15) is 42.4 Å². The lowest BCUT2D eigenvalue weighted by molar-refractivity contribution is -0.176. The normalized spacial score (nSPS) is 19.5. The molecule has 1 fully saturated rings. The van der Waals surface area contributed by atoms with E-state index >= 15 is 0 Å². The summed E-state index contributed by atoms with van der Waals surface area (Å²) in [6, 6.07) is 15.5. The van der Waals surface area contributed by atoms with Gasteiger partial charge < -0.3 is 33.7 Å². The Kier molecular flexibility index (Phi) is 12.3. The molecule has 1 N–H and O–H groups in total.